The van der Waals surface area contributed by atoms with Gasteiger partial charge in [-0.15, -0.1) is 0 Å². The molecule has 2 N–H and O–H groups in total. The first kappa shape index (κ1) is 20.5. The highest BCUT2D eigenvalue weighted by Gasteiger charge is 2.20. The number of carbonyl (C=O) groups excluding carboxylic acids is 1. The Morgan fingerprint density at radius 2 is 1.87 bits per heavy atom. The fourth-order valence-electron chi connectivity index (χ4n) is 3.09. The standard InChI is InChI=1S/C21H19N5O4S/c1-22-31(28,29)19-11-14(7-9-18(19)30-2)21(27)25-15-8-10-20(23-12-15)26-13-24-16-5-3-4-6-17(16)26/h3-13,22H,1-2H3,(H,25,27). The Morgan fingerprint density at radius 1 is 1.06 bits per heavy atom. The maximum atomic E-state index is 12.7. The summed E-state index contributed by atoms with van der Waals surface area (Å²) in [7, 11) is -1.14. The Bertz CT molecular complexity index is 1360. The Labute approximate surface area is 178 Å². The van der Waals surface area contributed by atoms with E-state index in [0.717, 1.165) is 11.0 Å². The van der Waals surface area contributed by atoms with Crippen molar-refractivity contribution in [1.29, 1.82) is 0 Å². The summed E-state index contributed by atoms with van der Waals surface area (Å²) in [6.45, 7) is 0. The number of sulfonamides is 1. The third-order valence-corrected chi connectivity index (χ3v) is 6.13. The van der Waals surface area contributed by atoms with Crippen LogP contribution in [0.1, 0.15) is 10.4 Å². The lowest BCUT2D eigenvalue weighted by molar-refractivity contribution is 0.102. The van der Waals surface area contributed by atoms with Crippen LogP contribution in [0.5, 0.6) is 5.75 Å². The van der Waals surface area contributed by atoms with Crippen LogP contribution in [0.25, 0.3) is 16.9 Å². The molecular formula is C21H19N5O4S. The average Bonchev–Trinajstić information content (AvgIpc) is 3.23. The van der Waals surface area contributed by atoms with Gasteiger partial charge in [-0.3, -0.25) is 9.36 Å². The molecule has 4 rings (SSSR count). The lowest BCUT2D eigenvalue weighted by Crippen LogP contribution is -2.20. The molecule has 0 aliphatic carbocycles. The Hall–Kier alpha value is -3.76. The highest BCUT2D eigenvalue weighted by Crippen LogP contribution is 2.25. The van der Waals surface area contributed by atoms with E-state index in [1.165, 1.54) is 38.6 Å². The van der Waals surface area contributed by atoms with Gasteiger partial charge in [0.05, 0.1) is 30.0 Å². The van der Waals surface area contributed by atoms with Crippen molar-refractivity contribution >= 4 is 32.7 Å². The fourth-order valence-corrected chi connectivity index (χ4v) is 4.00. The number of nitrogens with one attached hydrogen (secondary N) is 2. The summed E-state index contributed by atoms with van der Waals surface area (Å²) in [5.74, 6) is 0.320. The molecule has 0 saturated carbocycles. The van der Waals surface area contributed by atoms with Gasteiger partial charge in [0.1, 0.15) is 22.8 Å². The smallest absolute Gasteiger partial charge is 0.255 e. The van der Waals surface area contributed by atoms with Gasteiger partial charge in [-0.25, -0.2) is 23.1 Å². The number of imidazole rings is 1. The number of para-hydroxylation sites is 2. The number of aromatic nitrogens is 3. The van der Waals surface area contributed by atoms with E-state index < -0.39 is 15.9 Å². The lowest BCUT2D eigenvalue weighted by atomic mass is 10.2. The zero-order chi connectivity index (χ0) is 22.0. The molecule has 0 aliphatic rings. The van der Waals surface area contributed by atoms with Crippen LogP contribution < -0.4 is 14.8 Å². The normalized spacial score (nSPS) is 11.4. The number of anilines is 1. The van der Waals surface area contributed by atoms with E-state index in [1.807, 2.05) is 28.8 Å². The zero-order valence-corrected chi connectivity index (χ0v) is 17.6. The van der Waals surface area contributed by atoms with Gasteiger partial charge in [0, 0.05) is 5.56 Å². The Morgan fingerprint density at radius 3 is 2.58 bits per heavy atom. The number of methoxy groups -OCH3 is 1. The molecule has 1 amide bonds. The van der Waals surface area contributed by atoms with Crippen LogP contribution in [-0.2, 0) is 10.0 Å². The Balaban J connectivity index is 1.57. The number of amides is 1. The second-order valence-corrected chi connectivity index (χ2v) is 8.39. The second-order valence-electron chi connectivity index (χ2n) is 6.54. The molecule has 0 aliphatic heterocycles. The van der Waals surface area contributed by atoms with Gasteiger partial charge >= 0.3 is 0 Å². The van der Waals surface area contributed by atoms with Crippen molar-refractivity contribution in [3.63, 3.8) is 0 Å². The van der Waals surface area contributed by atoms with Crippen molar-refractivity contribution in [2.75, 3.05) is 19.5 Å². The summed E-state index contributed by atoms with van der Waals surface area (Å²) >= 11 is 0. The summed E-state index contributed by atoms with van der Waals surface area (Å²) in [6.07, 6.45) is 3.21. The fraction of sp³-hybridized carbons (Fsp3) is 0.0952. The molecule has 0 bridgehead atoms. The number of ether oxygens (including phenoxy) is 1. The molecular weight excluding hydrogens is 418 g/mol. The molecule has 0 radical (unpaired) electrons. The monoisotopic (exact) mass is 437 g/mol. The van der Waals surface area contributed by atoms with E-state index in [1.54, 1.807) is 18.5 Å². The predicted molar refractivity (Wildman–Crippen MR) is 116 cm³/mol. The van der Waals surface area contributed by atoms with Crippen molar-refractivity contribution in [3.8, 4) is 11.6 Å². The van der Waals surface area contributed by atoms with E-state index in [9.17, 15) is 13.2 Å². The van der Waals surface area contributed by atoms with Crippen LogP contribution in [0, 0.1) is 0 Å². The molecule has 0 fully saturated rings. The number of benzene rings is 2. The molecule has 10 heteroatoms. The number of pyridine rings is 1. The van der Waals surface area contributed by atoms with Crippen molar-refractivity contribution in [3.05, 3.63) is 72.7 Å². The molecule has 2 aromatic heterocycles. The van der Waals surface area contributed by atoms with Crippen molar-refractivity contribution in [2.45, 2.75) is 4.90 Å². The third kappa shape index (κ3) is 3.98. The largest absolute Gasteiger partial charge is 0.495 e. The van der Waals surface area contributed by atoms with Gasteiger partial charge in [0.15, 0.2) is 0 Å². The first-order valence-corrected chi connectivity index (χ1v) is 10.7. The molecule has 158 valence electrons. The summed E-state index contributed by atoms with van der Waals surface area (Å²) < 4.78 is 33.6. The van der Waals surface area contributed by atoms with E-state index in [4.69, 9.17) is 4.74 Å². The molecule has 2 aromatic carbocycles. The summed E-state index contributed by atoms with van der Waals surface area (Å²) in [5, 5.41) is 2.72. The number of carbonyl (C=O) groups is 1. The minimum atomic E-state index is -3.79. The lowest BCUT2D eigenvalue weighted by Gasteiger charge is -2.11. The van der Waals surface area contributed by atoms with E-state index in [-0.39, 0.29) is 16.2 Å². The topological polar surface area (TPSA) is 115 Å². The Kier molecular flexibility index (Phi) is 5.40. The zero-order valence-electron chi connectivity index (χ0n) is 16.7. The quantitative estimate of drug-likeness (QED) is 0.479. The molecule has 9 nitrogen and oxygen atoms in total. The van der Waals surface area contributed by atoms with Crippen molar-refractivity contribution in [2.24, 2.45) is 0 Å². The van der Waals surface area contributed by atoms with Crippen LogP contribution >= 0.6 is 0 Å². The van der Waals surface area contributed by atoms with Gasteiger partial charge in [-0.05, 0) is 49.5 Å². The highest BCUT2D eigenvalue weighted by atomic mass is 32.2. The van der Waals surface area contributed by atoms with Crippen LogP contribution in [0.2, 0.25) is 0 Å². The number of rotatable bonds is 6. The summed E-state index contributed by atoms with van der Waals surface area (Å²) in [4.78, 5) is 21.3. The van der Waals surface area contributed by atoms with Gasteiger partial charge in [0.2, 0.25) is 10.0 Å². The third-order valence-electron chi connectivity index (χ3n) is 4.69. The van der Waals surface area contributed by atoms with E-state index >= 15 is 0 Å². The van der Waals surface area contributed by atoms with Crippen molar-refractivity contribution < 1.29 is 17.9 Å². The maximum absolute atomic E-state index is 12.7. The molecule has 2 heterocycles. The summed E-state index contributed by atoms with van der Waals surface area (Å²) in [5.41, 5.74) is 2.41. The van der Waals surface area contributed by atoms with E-state index in [0.29, 0.717) is 11.5 Å². The molecule has 0 unspecified atom stereocenters. The van der Waals surface area contributed by atoms with Gasteiger partial charge in [0.25, 0.3) is 5.91 Å². The SMILES string of the molecule is CNS(=O)(=O)c1cc(C(=O)Nc2ccc(-n3cnc4ccccc43)nc2)ccc1OC. The van der Waals surface area contributed by atoms with Crippen LogP contribution in [-0.4, -0.2) is 43.0 Å². The maximum Gasteiger partial charge on any atom is 0.255 e. The van der Waals surface area contributed by atoms with E-state index in [2.05, 4.69) is 20.0 Å². The van der Waals surface area contributed by atoms with Crippen LogP contribution in [0.4, 0.5) is 5.69 Å². The second kappa shape index (κ2) is 8.17. The van der Waals surface area contributed by atoms with Crippen LogP contribution in [0.15, 0.2) is 72.0 Å². The number of fused-ring (bicyclic) bond motifs is 1. The molecule has 31 heavy (non-hydrogen) atoms. The molecule has 0 spiro atoms. The first-order chi connectivity index (χ1) is 14.9. The molecule has 0 atom stereocenters. The van der Waals surface area contributed by atoms with Gasteiger partial charge < -0.3 is 10.1 Å². The number of hydrogen-bond acceptors (Lipinski definition) is 6. The van der Waals surface area contributed by atoms with Crippen LogP contribution in [0.3, 0.4) is 0 Å². The molecule has 4 aromatic rings. The summed E-state index contributed by atoms with van der Waals surface area (Å²) in [6, 6.07) is 15.4. The highest BCUT2D eigenvalue weighted by molar-refractivity contribution is 7.89. The average molecular weight is 437 g/mol. The van der Waals surface area contributed by atoms with Gasteiger partial charge in [-0.1, -0.05) is 12.1 Å². The first-order valence-electron chi connectivity index (χ1n) is 9.24. The molecule has 0 saturated heterocycles. The number of nitrogens with zero attached hydrogens (tertiary/aromatic N) is 3. The van der Waals surface area contributed by atoms with Gasteiger partial charge in [-0.2, -0.15) is 0 Å². The van der Waals surface area contributed by atoms with Crippen molar-refractivity contribution in [1.82, 2.24) is 19.3 Å². The predicted octanol–water partition coefficient (Wildman–Crippen LogP) is 2.59. The minimum Gasteiger partial charge on any atom is -0.495 e. The minimum absolute atomic E-state index is 0.120. The number of hydrogen-bond donors (Lipinski definition) is 2.